The van der Waals surface area contributed by atoms with E-state index in [1.807, 2.05) is 12.2 Å². The molecule has 0 spiro atoms. The van der Waals surface area contributed by atoms with Crippen LogP contribution in [-0.2, 0) is 9.59 Å². The van der Waals surface area contributed by atoms with Gasteiger partial charge in [-0.3, -0.25) is 29.3 Å². The molecule has 0 aromatic heterocycles. The van der Waals surface area contributed by atoms with Gasteiger partial charge in [-0.2, -0.15) is 5.01 Å². The molecule has 1 heterocycles. The number of benzene rings is 2. The Kier molecular flexibility index (Phi) is 7.51. The summed E-state index contributed by atoms with van der Waals surface area (Å²) in [6, 6.07) is 9.43. The molecule has 3 atom stereocenters. The summed E-state index contributed by atoms with van der Waals surface area (Å²) in [7, 11) is 0. The van der Waals surface area contributed by atoms with Crippen LogP contribution in [0, 0.1) is 22.0 Å². The SMILES string of the molecule is O=C(c1ccc(Cl)cc1)[C@H](CCCl)N(C(=O)c1ccc([N+](=O)[O-])cc1)N1C(=O)[C@H]2CC=CC[C@@H]2C1=O. The van der Waals surface area contributed by atoms with Crippen molar-refractivity contribution in [3.63, 3.8) is 0 Å². The number of carbonyl (C=O) groups is 4. The predicted octanol–water partition coefficient (Wildman–Crippen LogP) is 4.44. The summed E-state index contributed by atoms with van der Waals surface area (Å²) >= 11 is 12.0. The van der Waals surface area contributed by atoms with Gasteiger partial charge in [-0.25, -0.2) is 5.01 Å². The lowest BCUT2D eigenvalue weighted by Gasteiger charge is -2.36. The Morgan fingerprint density at radius 2 is 1.50 bits per heavy atom. The highest BCUT2D eigenvalue weighted by molar-refractivity contribution is 6.30. The molecule has 11 heteroatoms. The lowest BCUT2D eigenvalue weighted by molar-refractivity contribution is -0.384. The fourth-order valence-corrected chi connectivity index (χ4v) is 4.83. The minimum Gasteiger partial charge on any atom is -0.292 e. The van der Waals surface area contributed by atoms with Crippen molar-refractivity contribution >= 4 is 52.4 Å². The van der Waals surface area contributed by atoms with Crippen molar-refractivity contribution < 1.29 is 24.1 Å². The molecule has 186 valence electrons. The molecule has 2 aromatic rings. The molecule has 0 saturated carbocycles. The number of imide groups is 1. The van der Waals surface area contributed by atoms with E-state index in [2.05, 4.69) is 0 Å². The van der Waals surface area contributed by atoms with Crippen molar-refractivity contribution in [1.29, 1.82) is 0 Å². The fourth-order valence-electron chi connectivity index (χ4n) is 4.50. The van der Waals surface area contributed by atoms with Gasteiger partial charge in [-0.05, 0) is 55.7 Å². The lowest BCUT2D eigenvalue weighted by Crippen LogP contribution is -2.57. The third kappa shape index (κ3) is 4.76. The van der Waals surface area contributed by atoms with Gasteiger partial charge in [0.25, 0.3) is 23.4 Å². The van der Waals surface area contributed by atoms with Gasteiger partial charge < -0.3 is 0 Å². The second-order valence-corrected chi connectivity index (χ2v) is 9.28. The molecule has 1 saturated heterocycles. The van der Waals surface area contributed by atoms with E-state index in [1.54, 1.807) is 0 Å². The largest absolute Gasteiger partial charge is 0.292 e. The molecule has 1 aliphatic carbocycles. The van der Waals surface area contributed by atoms with Crippen LogP contribution in [0.25, 0.3) is 0 Å². The number of ketones is 1. The molecule has 2 aliphatic rings. The summed E-state index contributed by atoms with van der Waals surface area (Å²) in [6.45, 7) is 0. The Morgan fingerprint density at radius 1 is 0.972 bits per heavy atom. The van der Waals surface area contributed by atoms with Crippen molar-refractivity contribution in [1.82, 2.24) is 10.0 Å². The molecular formula is C25H21Cl2N3O6. The van der Waals surface area contributed by atoms with Crippen LogP contribution < -0.4 is 0 Å². The molecule has 2 aromatic carbocycles. The van der Waals surface area contributed by atoms with Crippen LogP contribution in [-0.4, -0.2) is 50.4 Å². The maximum atomic E-state index is 13.8. The van der Waals surface area contributed by atoms with Gasteiger partial charge in [0.15, 0.2) is 5.78 Å². The molecule has 1 fully saturated rings. The number of Topliss-reactive ketones (excluding diaryl/α,β-unsaturated/α-hetero) is 1. The standard InChI is InChI=1S/C25H21Cl2N3O6/c26-14-13-21(22(31)15-5-9-17(27)10-6-15)28(23(32)16-7-11-18(12-8-16)30(35)36)29-24(33)19-3-1-2-4-20(19)25(29)34/h1-2,5-12,19-21H,3-4,13-14H2/t19-,20-,21-/m0/s1. The van der Waals surface area contributed by atoms with E-state index in [1.165, 1.54) is 36.4 Å². The lowest BCUT2D eigenvalue weighted by atomic mass is 9.85. The summed E-state index contributed by atoms with van der Waals surface area (Å²) in [5.74, 6) is -3.83. The number of halogens is 2. The van der Waals surface area contributed by atoms with Gasteiger partial charge in [-0.1, -0.05) is 23.8 Å². The number of nitro benzene ring substituents is 1. The number of alkyl halides is 1. The van der Waals surface area contributed by atoms with Gasteiger partial charge >= 0.3 is 0 Å². The topological polar surface area (TPSA) is 118 Å². The average Bonchev–Trinajstić information content (AvgIpc) is 3.13. The van der Waals surface area contributed by atoms with Crippen molar-refractivity contribution in [3.8, 4) is 0 Å². The van der Waals surface area contributed by atoms with Gasteiger partial charge in [0, 0.05) is 34.2 Å². The van der Waals surface area contributed by atoms with E-state index in [9.17, 15) is 29.3 Å². The van der Waals surface area contributed by atoms with E-state index >= 15 is 0 Å². The van der Waals surface area contributed by atoms with Crippen LogP contribution in [0.3, 0.4) is 0 Å². The van der Waals surface area contributed by atoms with Crippen LogP contribution in [0.2, 0.25) is 5.02 Å². The molecular weight excluding hydrogens is 509 g/mol. The zero-order valence-corrected chi connectivity index (χ0v) is 20.4. The first-order valence-corrected chi connectivity index (χ1v) is 12.1. The summed E-state index contributed by atoms with van der Waals surface area (Å²) in [5, 5.41) is 13.1. The number of rotatable bonds is 8. The minimum atomic E-state index is -1.28. The number of hydrogen-bond acceptors (Lipinski definition) is 6. The highest BCUT2D eigenvalue weighted by Gasteiger charge is 2.53. The van der Waals surface area contributed by atoms with Crippen LogP contribution in [0.1, 0.15) is 40.0 Å². The maximum Gasteiger partial charge on any atom is 0.273 e. The monoisotopic (exact) mass is 529 g/mol. The van der Waals surface area contributed by atoms with Gasteiger partial charge in [0.1, 0.15) is 6.04 Å². The van der Waals surface area contributed by atoms with Crippen LogP contribution in [0.5, 0.6) is 0 Å². The first kappa shape index (κ1) is 25.5. The van der Waals surface area contributed by atoms with Gasteiger partial charge in [-0.15, -0.1) is 11.6 Å². The highest BCUT2D eigenvalue weighted by Crippen LogP contribution is 2.37. The molecule has 0 bridgehead atoms. The average molecular weight is 530 g/mol. The Labute approximate surface area is 216 Å². The number of hydrazine groups is 1. The smallest absolute Gasteiger partial charge is 0.273 e. The third-order valence-corrected chi connectivity index (χ3v) is 6.81. The predicted molar refractivity (Wildman–Crippen MR) is 131 cm³/mol. The van der Waals surface area contributed by atoms with Gasteiger partial charge in [0.2, 0.25) is 0 Å². The number of fused-ring (bicyclic) bond motifs is 1. The highest BCUT2D eigenvalue weighted by atomic mass is 35.5. The number of non-ortho nitro benzene ring substituents is 1. The number of carbonyl (C=O) groups excluding carboxylic acids is 4. The minimum absolute atomic E-state index is 0.0299. The Bertz CT molecular complexity index is 1220. The molecule has 1 aliphatic heterocycles. The second-order valence-electron chi connectivity index (χ2n) is 8.46. The van der Waals surface area contributed by atoms with Crippen LogP contribution in [0.15, 0.2) is 60.7 Å². The first-order chi connectivity index (χ1) is 17.2. The normalized spacial score (nSPS) is 19.7. The number of amides is 3. The van der Waals surface area contributed by atoms with Crippen LogP contribution >= 0.6 is 23.2 Å². The molecule has 3 amide bonds. The van der Waals surface area contributed by atoms with E-state index < -0.39 is 46.3 Å². The quantitative estimate of drug-likeness (QED) is 0.124. The van der Waals surface area contributed by atoms with E-state index in [4.69, 9.17) is 23.2 Å². The molecule has 36 heavy (non-hydrogen) atoms. The summed E-state index contributed by atoms with van der Waals surface area (Å²) in [6.07, 6.45) is 4.26. The van der Waals surface area contributed by atoms with E-state index in [0.717, 1.165) is 22.2 Å². The maximum absolute atomic E-state index is 13.8. The number of nitrogens with zero attached hydrogens (tertiary/aromatic N) is 3. The molecule has 0 N–H and O–H groups in total. The van der Waals surface area contributed by atoms with Crippen molar-refractivity contribution in [3.05, 3.63) is 86.9 Å². The third-order valence-electron chi connectivity index (χ3n) is 6.34. The molecule has 9 nitrogen and oxygen atoms in total. The molecule has 0 unspecified atom stereocenters. The Morgan fingerprint density at radius 3 is 2.00 bits per heavy atom. The zero-order valence-electron chi connectivity index (χ0n) is 18.9. The van der Waals surface area contributed by atoms with Gasteiger partial charge in [0.05, 0.1) is 16.8 Å². The summed E-state index contributed by atoms with van der Waals surface area (Å²) in [4.78, 5) is 64.7. The number of allylic oxidation sites excluding steroid dienone is 2. The molecule has 0 radical (unpaired) electrons. The number of hydrogen-bond donors (Lipinski definition) is 0. The Balaban J connectivity index is 1.80. The second kappa shape index (κ2) is 10.6. The number of nitro groups is 1. The van der Waals surface area contributed by atoms with Crippen molar-refractivity contribution in [2.75, 3.05) is 5.88 Å². The van der Waals surface area contributed by atoms with Crippen LogP contribution in [0.4, 0.5) is 5.69 Å². The van der Waals surface area contributed by atoms with Crippen molar-refractivity contribution in [2.45, 2.75) is 25.3 Å². The molecule has 4 rings (SSSR count). The summed E-state index contributed by atoms with van der Waals surface area (Å²) in [5.41, 5.74) is -0.0510. The van der Waals surface area contributed by atoms with Crippen molar-refractivity contribution in [2.24, 2.45) is 11.8 Å². The fraction of sp³-hybridized carbons (Fsp3) is 0.280. The van der Waals surface area contributed by atoms with E-state index in [0.29, 0.717) is 17.9 Å². The summed E-state index contributed by atoms with van der Waals surface area (Å²) < 4.78 is 0. The van der Waals surface area contributed by atoms with E-state index in [-0.39, 0.29) is 29.1 Å². The first-order valence-electron chi connectivity index (χ1n) is 11.2. The zero-order chi connectivity index (χ0) is 26.0. The Hall–Kier alpha value is -3.56.